The number of hydrogen-bond acceptors (Lipinski definition) is 8. The molecular formula is C19H17ClN4O5S. The Kier molecular flexibility index (Phi) is 5.46. The summed E-state index contributed by atoms with van der Waals surface area (Å²) in [5.74, 6) is 0.676. The molecule has 0 saturated carbocycles. The van der Waals surface area contributed by atoms with Crippen molar-refractivity contribution in [2.75, 3.05) is 38.9 Å². The fraction of sp³-hybridized carbons (Fsp3) is 0.263. The molecule has 0 atom stereocenters. The van der Waals surface area contributed by atoms with Gasteiger partial charge < -0.3 is 14.4 Å². The van der Waals surface area contributed by atoms with Crippen LogP contribution in [0.15, 0.2) is 30.3 Å². The van der Waals surface area contributed by atoms with Crippen LogP contribution < -0.4 is 14.4 Å². The number of nitro groups is 1. The molecule has 30 heavy (non-hydrogen) atoms. The Hall–Kier alpha value is -2.95. The van der Waals surface area contributed by atoms with Gasteiger partial charge >= 0.3 is 0 Å². The summed E-state index contributed by atoms with van der Waals surface area (Å²) in [5, 5.41) is 12.1. The lowest BCUT2D eigenvalue weighted by Crippen LogP contribution is -2.37. The summed E-state index contributed by atoms with van der Waals surface area (Å²) in [6.07, 6.45) is 0. The van der Waals surface area contributed by atoms with Crippen molar-refractivity contribution in [1.82, 2.24) is 9.88 Å². The maximum absolute atomic E-state index is 13.4. The minimum absolute atomic E-state index is 0.0836. The molecule has 156 valence electrons. The van der Waals surface area contributed by atoms with E-state index >= 15 is 0 Å². The van der Waals surface area contributed by atoms with Crippen LogP contribution in [0.5, 0.6) is 11.5 Å². The Morgan fingerprint density at radius 3 is 2.67 bits per heavy atom. The molecule has 0 aliphatic carbocycles. The molecule has 1 aliphatic heterocycles. The van der Waals surface area contributed by atoms with Crippen molar-refractivity contribution in [2.24, 2.45) is 0 Å². The zero-order valence-corrected chi connectivity index (χ0v) is 17.7. The molecule has 0 fully saturated rings. The van der Waals surface area contributed by atoms with E-state index in [1.54, 1.807) is 6.07 Å². The molecule has 1 aromatic heterocycles. The summed E-state index contributed by atoms with van der Waals surface area (Å²) in [7, 11) is 3.75. The molecule has 0 radical (unpaired) electrons. The van der Waals surface area contributed by atoms with Crippen molar-refractivity contribution < 1.29 is 19.2 Å². The van der Waals surface area contributed by atoms with E-state index in [1.165, 1.54) is 34.4 Å². The van der Waals surface area contributed by atoms with Crippen LogP contribution in [0.25, 0.3) is 10.2 Å². The first kappa shape index (κ1) is 20.3. The van der Waals surface area contributed by atoms with Gasteiger partial charge in [0.25, 0.3) is 11.6 Å². The molecule has 0 bridgehead atoms. The third-order valence-electron chi connectivity index (χ3n) is 4.50. The third kappa shape index (κ3) is 3.89. The zero-order chi connectivity index (χ0) is 21.4. The molecule has 2 aromatic carbocycles. The number of anilines is 1. The Morgan fingerprint density at radius 2 is 1.97 bits per heavy atom. The van der Waals surface area contributed by atoms with Crippen LogP contribution in [-0.4, -0.2) is 54.7 Å². The fourth-order valence-corrected chi connectivity index (χ4v) is 4.16. The zero-order valence-electron chi connectivity index (χ0n) is 16.1. The molecule has 0 unspecified atom stereocenters. The largest absolute Gasteiger partial charge is 0.454 e. The minimum atomic E-state index is -0.592. The van der Waals surface area contributed by atoms with Crippen molar-refractivity contribution in [3.8, 4) is 11.5 Å². The normalized spacial score (nSPS) is 12.5. The number of amides is 1. The number of thiazole rings is 1. The Labute approximate surface area is 180 Å². The highest BCUT2D eigenvalue weighted by Gasteiger charge is 2.28. The van der Waals surface area contributed by atoms with Crippen molar-refractivity contribution in [3.05, 3.63) is 51.0 Å². The summed E-state index contributed by atoms with van der Waals surface area (Å²) in [4.78, 5) is 32.2. The van der Waals surface area contributed by atoms with Crippen LogP contribution in [0.3, 0.4) is 0 Å². The van der Waals surface area contributed by atoms with E-state index in [0.29, 0.717) is 35.2 Å². The average Bonchev–Trinajstić information content (AvgIpc) is 3.31. The van der Waals surface area contributed by atoms with Gasteiger partial charge in [0.05, 0.1) is 15.1 Å². The summed E-state index contributed by atoms with van der Waals surface area (Å²) in [5.41, 5.74) is 0.267. The van der Waals surface area contributed by atoms with Gasteiger partial charge in [0, 0.05) is 36.3 Å². The number of carbonyl (C=O) groups is 1. The number of halogens is 1. The van der Waals surface area contributed by atoms with E-state index in [2.05, 4.69) is 4.98 Å². The maximum Gasteiger partial charge on any atom is 0.282 e. The number of fused-ring (bicyclic) bond motifs is 2. The van der Waals surface area contributed by atoms with Gasteiger partial charge in [-0.25, -0.2) is 4.98 Å². The lowest BCUT2D eigenvalue weighted by molar-refractivity contribution is -0.385. The highest BCUT2D eigenvalue weighted by molar-refractivity contribution is 7.22. The smallest absolute Gasteiger partial charge is 0.282 e. The van der Waals surface area contributed by atoms with Crippen LogP contribution in [0.2, 0.25) is 5.02 Å². The highest BCUT2D eigenvalue weighted by atomic mass is 35.5. The highest BCUT2D eigenvalue weighted by Crippen LogP contribution is 2.40. The van der Waals surface area contributed by atoms with E-state index in [-0.39, 0.29) is 23.1 Å². The van der Waals surface area contributed by atoms with Crippen LogP contribution in [0, 0.1) is 10.1 Å². The SMILES string of the molecule is CN(C)CCN(C(=O)c1cc(Cl)ccc1[N+](=O)[O-])c1nc2cc3c(cc2s1)OCO3. The van der Waals surface area contributed by atoms with Gasteiger partial charge in [-0.05, 0) is 26.2 Å². The fourth-order valence-electron chi connectivity index (χ4n) is 2.99. The van der Waals surface area contributed by atoms with Crippen molar-refractivity contribution in [1.29, 1.82) is 0 Å². The number of carbonyl (C=O) groups excluding carboxylic acids is 1. The third-order valence-corrected chi connectivity index (χ3v) is 5.78. The second kappa shape index (κ2) is 8.05. The number of nitrogens with zero attached hydrogens (tertiary/aromatic N) is 4. The predicted molar refractivity (Wildman–Crippen MR) is 114 cm³/mol. The van der Waals surface area contributed by atoms with Gasteiger partial charge in [0.1, 0.15) is 5.56 Å². The second-order valence-corrected chi connectivity index (χ2v) is 8.29. The van der Waals surface area contributed by atoms with Crippen LogP contribution in [-0.2, 0) is 0 Å². The molecule has 1 aliphatic rings. The van der Waals surface area contributed by atoms with Gasteiger partial charge in [0.2, 0.25) is 6.79 Å². The summed E-state index contributed by atoms with van der Waals surface area (Å²) in [6.45, 7) is 0.992. The molecule has 2 heterocycles. The molecule has 0 saturated heterocycles. The number of nitro benzene ring substituents is 1. The first-order valence-electron chi connectivity index (χ1n) is 8.94. The molecule has 11 heteroatoms. The quantitative estimate of drug-likeness (QED) is 0.418. The van der Waals surface area contributed by atoms with Crippen molar-refractivity contribution >= 4 is 49.9 Å². The van der Waals surface area contributed by atoms with E-state index < -0.39 is 10.8 Å². The van der Waals surface area contributed by atoms with Crippen molar-refractivity contribution in [3.63, 3.8) is 0 Å². The number of aromatic nitrogens is 1. The first-order chi connectivity index (χ1) is 14.3. The van der Waals surface area contributed by atoms with Crippen LogP contribution in [0.1, 0.15) is 10.4 Å². The molecule has 3 aromatic rings. The monoisotopic (exact) mass is 448 g/mol. The second-order valence-electron chi connectivity index (χ2n) is 6.85. The number of rotatable bonds is 6. The van der Waals surface area contributed by atoms with Gasteiger partial charge in [-0.2, -0.15) is 0 Å². The van der Waals surface area contributed by atoms with Crippen molar-refractivity contribution in [2.45, 2.75) is 0 Å². The Balaban J connectivity index is 1.77. The Morgan fingerprint density at radius 1 is 1.23 bits per heavy atom. The number of hydrogen-bond donors (Lipinski definition) is 0. The molecule has 1 amide bonds. The number of benzene rings is 2. The Bertz CT molecular complexity index is 1110. The standard InChI is InChI=1S/C19H17ClN4O5S/c1-22(2)5-6-23(18(25)12-7-11(20)3-4-14(12)24(26)27)19-21-13-8-15-16(29-10-28-15)9-17(13)30-19/h3-4,7-9H,5-6,10H2,1-2H3. The lowest BCUT2D eigenvalue weighted by Gasteiger charge is -2.22. The molecule has 4 rings (SSSR count). The van der Waals surface area contributed by atoms with Gasteiger partial charge in [0.15, 0.2) is 16.6 Å². The van der Waals surface area contributed by atoms with Gasteiger partial charge in [-0.15, -0.1) is 0 Å². The van der Waals surface area contributed by atoms with Crippen LogP contribution >= 0.6 is 22.9 Å². The van der Waals surface area contributed by atoms with E-state index in [4.69, 9.17) is 21.1 Å². The number of ether oxygens (including phenoxy) is 2. The van der Waals surface area contributed by atoms with E-state index in [0.717, 1.165) is 4.70 Å². The molecule has 0 spiro atoms. The first-order valence-corrected chi connectivity index (χ1v) is 10.1. The van der Waals surface area contributed by atoms with Crippen LogP contribution in [0.4, 0.5) is 10.8 Å². The summed E-state index contributed by atoms with van der Waals surface area (Å²) < 4.78 is 11.6. The van der Waals surface area contributed by atoms with E-state index in [9.17, 15) is 14.9 Å². The lowest BCUT2D eigenvalue weighted by atomic mass is 10.1. The number of likely N-dealkylation sites (N-methyl/N-ethyl adjacent to an activating group) is 1. The maximum atomic E-state index is 13.4. The summed E-state index contributed by atoms with van der Waals surface area (Å²) in [6, 6.07) is 7.51. The minimum Gasteiger partial charge on any atom is -0.454 e. The average molecular weight is 449 g/mol. The topological polar surface area (TPSA) is 98.0 Å². The van der Waals surface area contributed by atoms with Gasteiger partial charge in [-0.1, -0.05) is 22.9 Å². The molecule has 9 nitrogen and oxygen atoms in total. The summed E-state index contributed by atoms with van der Waals surface area (Å²) >= 11 is 7.32. The van der Waals surface area contributed by atoms with E-state index in [1.807, 2.05) is 25.1 Å². The predicted octanol–water partition coefficient (Wildman–Crippen LogP) is 3.80. The van der Waals surface area contributed by atoms with Gasteiger partial charge in [-0.3, -0.25) is 19.8 Å². The molecular weight excluding hydrogens is 432 g/mol. The molecule has 0 N–H and O–H groups in total.